The lowest BCUT2D eigenvalue weighted by atomic mass is 10.1. The third-order valence-electron chi connectivity index (χ3n) is 1.71. The lowest BCUT2D eigenvalue weighted by Crippen LogP contribution is -1.94. The van der Waals surface area contributed by atoms with Crippen molar-refractivity contribution >= 4 is 15.9 Å². The van der Waals surface area contributed by atoms with Gasteiger partial charge in [0.25, 0.3) is 0 Å². The Kier molecular flexibility index (Phi) is 3.09. The smallest absolute Gasteiger partial charge is 0.169 e. The highest BCUT2D eigenvalue weighted by Crippen LogP contribution is 2.29. The molecule has 66 valence electrons. The van der Waals surface area contributed by atoms with Gasteiger partial charge in [-0.2, -0.15) is 0 Å². The van der Waals surface area contributed by atoms with Crippen molar-refractivity contribution in [1.29, 1.82) is 0 Å². The fourth-order valence-corrected chi connectivity index (χ4v) is 1.50. The van der Waals surface area contributed by atoms with Crippen LogP contribution in [0.15, 0.2) is 16.6 Å². The zero-order chi connectivity index (χ0) is 9.14. The Bertz CT molecular complexity index is 286. The minimum absolute atomic E-state index is 0.269. The Morgan fingerprint density at radius 2 is 2.17 bits per heavy atom. The lowest BCUT2D eigenvalue weighted by molar-refractivity contribution is 0.381. The van der Waals surface area contributed by atoms with Crippen molar-refractivity contribution < 1.29 is 9.13 Å². The molecular weight excluding hydrogens is 223 g/mol. The topological polar surface area (TPSA) is 9.23 Å². The van der Waals surface area contributed by atoms with E-state index >= 15 is 0 Å². The summed E-state index contributed by atoms with van der Waals surface area (Å²) in [6.07, 6.45) is 0.676. The summed E-state index contributed by atoms with van der Waals surface area (Å²) in [5.74, 6) is 0.0173. The Labute approximate surface area is 79.7 Å². The van der Waals surface area contributed by atoms with Crippen LogP contribution in [0.5, 0.6) is 5.75 Å². The number of aryl methyl sites for hydroxylation is 1. The Balaban J connectivity index is 3.24. The molecule has 12 heavy (non-hydrogen) atoms. The van der Waals surface area contributed by atoms with Crippen molar-refractivity contribution in [3.63, 3.8) is 0 Å². The highest BCUT2D eigenvalue weighted by molar-refractivity contribution is 9.10. The van der Waals surface area contributed by atoms with E-state index in [0.717, 1.165) is 0 Å². The maximum Gasteiger partial charge on any atom is 0.169 e. The molecule has 0 saturated carbocycles. The van der Waals surface area contributed by atoms with Crippen LogP contribution in [0.1, 0.15) is 12.5 Å². The van der Waals surface area contributed by atoms with Crippen LogP contribution < -0.4 is 4.74 Å². The van der Waals surface area contributed by atoms with E-state index in [2.05, 4.69) is 15.9 Å². The van der Waals surface area contributed by atoms with E-state index in [0.29, 0.717) is 16.5 Å². The van der Waals surface area contributed by atoms with Gasteiger partial charge >= 0.3 is 0 Å². The molecule has 0 fully saturated rings. The molecule has 0 aliphatic heterocycles. The van der Waals surface area contributed by atoms with Gasteiger partial charge in [0, 0.05) is 0 Å². The van der Waals surface area contributed by atoms with Crippen molar-refractivity contribution in [1.82, 2.24) is 0 Å². The van der Waals surface area contributed by atoms with Gasteiger partial charge in [0.05, 0.1) is 11.6 Å². The molecule has 1 aromatic rings. The summed E-state index contributed by atoms with van der Waals surface area (Å²) in [6.45, 7) is 1.91. The maximum atomic E-state index is 13.4. The monoisotopic (exact) mass is 232 g/mol. The molecule has 0 bridgehead atoms. The van der Waals surface area contributed by atoms with Crippen LogP contribution in [0.4, 0.5) is 4.39 Å². The molecule has 1 nitrogen and oxygen atoms in total. The van der Waals surface area contributed by atoms with Crippen LogP contribution in [0.25, 0.3) is 0 Å². The minimum Gasteiger partial charge on any atom is -0.492 e. The number of halogens is 2. The van der Waals surface area contributed by atoms with E-state index in [-0.39, 0.29) is 11.6 Å². The minimum atomic E-state index is -0.269. The van der Waals surface area contributed by atoms with Crippen LogP contribution in [-0.2, 0) is 6.42 Å². The molecule has 0 radical (unpaired) electrons. The average molecular weight is 233 g/mol. The Hall–Kier alpha value is -0.570. The van der Waals surface area contributed by atoms with Crippen molar-refractivity contribution in [3.8, 4) is 5.75 Å². The third kappa shape index (κ3) is 1.61. The number of hydrogen-bond donors (Lipinski definition) is 0. The van der Waals surface area contributed by atoms with E-state index in [1.807, 2.05) is 6.92 Å². The lowest BCUT2D eigenvalue weighted by Gasteiger charge is -2.07. The van der Waals surface area contributed by atoms with Gasteiger partial charge in [0.1, 0.15) is 0 Å². The first-order chi connectivity index (χ1) is 5.70. The first kappa shape index (κ1) is 9.52. The molecule has 0 aliphatic rings. The van der Waals surface area contributed by atoms with Gasteiger partial charge in [-0.25, -0.2) is 4.39 Å². The molecule has 0 aliphatic carbocycles. The zero-order valence-electron chi connectivity index (χ0n) is 7.03. The van der Waals surface area contributed by atoms with Gasteiger partial charge < -0.3 is 4.74 Å². The molecular formula is C9H10BrFO. The molecule has 0 amide bonds. The quantitative estimate of drug-likeness (QED) is 0.762. The summed E-state index contributed by atoms with van der Waals surface area (Å²) >= 11 is 3.21. The summed E-state index contributed by atoms with van der Waals surface area (Å²) in [5.41, 5.74) is 0.676. The highest BCUT2D eigenvalue weighted by Gasteiger charge is 2.10. The highest BCUT2D eigenvalue weighted by atomic mass is 79.9. The first-order valence-electron chi connectivity index (χ1n) is 3.71. The van der Waals surface area contributed by atoms with Crippen LogP contribution in [0.2, 0.25) is 0 Å². The molecule has 1 rings (SSSR count). The second kappa shape index (κ2) is 3.90. The molecule has 0 aromatic heterocycles. The molecule has 0 saturated heterocycles. The van der Waals surface area contributed by atoms with Crippen molar-refractivity contribution in [2.75, 3.05) is 7.11 Å². The average Bonchev–Trinajstić information content (AvgIpc) is 2.06. The summed E-state index contributed by atoms with van der Waals surface area (Å²) in [4.78, 5) is 0. The Morgan fingerprint density at radius 1 is 1.50 bits per heavy atom. The first-order valence-corrected chi connectivity index (χ1v) is 4.50. The van der Waals surface area contributed by atoms with Gasteiger partial charge in [-0.15, -0.1) is 0 Å². The van der Waals surface area contributed by atoms with E-state index in [4.69, 9.17) is 4.74 Å². The standard InChI is InChI=1S/C9H10BrFO/c1-3-6-4-5-7(10)9(12-2)8(6)11/h4-5H,3H2,1-2H3. The number of benzene rings is 1. The SMILES string of the molecule is CCc1ccc(Br)c(OC)c1F. The third-order valence-corrected chi connectivity index (χ3v) is 2.34. The molecule has 0 spiro atoms. The predicted octanol–water partition coefficient (Wildman–Crippen LogP) is 3.16. The predicted molar refractivity (Wildman–Crippen MR) is 50.0 cm³/mol. The number of rotatable bonds is 2. The fraction of sp³-hybridized carbons (Fsp3) is 0.333. The second-order valence-corrected chi connectivity index (χ2v) is 3.26. The van der Waals surface area contributed by atoms with E-state index in [9.17, 15) is 4.39 Å². The van der Waals surface area contributed by atoms with E-state index in [1.54, 1.807) is 12.1 Å². The summed E-state index contributed by atoms with van der Waals surface area (Å²) in [5, 5.41) is 0. The summed E-state index contributed by atoms with van der Waals surface area (Å²) < 4.78 is 18.9. The van der Waals surface area contributed by atoms with Crippen LogP contribution in [-0.4, -0.2) is 7.11 Å². The van der Waals surface area contributed by atoms with E-state index < -0.39 is 0 Å². The van der Waals surface area contributed by atoms with E-state index in [1.165, 1.54) is 7.11 Å². The van der Waals surface area contributed by atoms with Gasteiger partial charge in [0.2, 0.25) is 0 Å². The van der Waals surface area contributed by atoms with Crippen LogP contribution in [0, 0.1) is 5.82 Å². The van der Waals surface area contributed by atoms with Gasteiger partial charge in [-0.1, -0.05) is 13.0 Å². The molecule has 0 N–H and O–H groups in total. The molecule has 3 heteroatoms. The van der Waals surface area contributed by atoms with Gasteiger partial charge in [-0.05, 0) is 34.0 Å². The molecule has 0 unspecified atom stereocenters. The largest absolute Gasteiger partial charge is 0.492 e. The second-order valence-electron chi connectivity index (χ2n) is 2.41. The van der Waals surface area contributed by atoms with Crippen LogP contribution in [0.3, 0.4) is 0 Å². The Morgan fingerprint density at radius 3 is 2.67 bits per heavy atom. The number of methoxy groups -OCH3 is 1. The summed E-state index contributed by atoms with van der Waals surface area (Å²) in [7, 11) is 1.46. The van der Waals surface area contributed by atoms with Crippen molar-refractivity contribution in [2.45, 2.75) is 13.3 Å². The van der Waals surface area contributed by atoms with Crippen molar-refractivity contribution in [2.24, 2.45) is 0 Å². The van der Waals surface area contributed by atoms with Crippen LogP contribution >= 0.6 is 15.9 Å². The number of hydrogen-bond acceptors (Lipinski definition) is 1. The van der Waals surface area contributed by atoms with Crippen molar-refractivity contribution in [3.05, 3.63) is 28.0 Å². The maximum absolute atomic E-state index is 13.4. The zero-order valence-corrected chi connectivity index (χ0v) is 8.61. The molecule has 0 atom stereocenters. The normalized spacial score (nSPS) is 10.0. The van der Waals surface area contributed by atoms with Gasteiger partial charge in [0.15, 0.2) is 11.6 Å². The summed E-state index contributed by atoms with van der Waals surface area (Å²) in [6, 6.07) is 3.54. The molecule has 1 aromatic carbocycles. The molecule has 0 heterocycles. The number of ether oxygens (including phenoxy) is 1. The fourth-order valence-electron chi connectivity index (χ4n) is 1.03. The van der Waals surface area contributed by atoms with Gasteiger partial charge in [-0.3, -0.25) is 0 Å².